The van der Waals surface area contributed by atoms with E-state index >= 15 is 0 Å². The Hall–Kier alpha value is -3.97. The van der Waals surface area contributed by atoms with Crippen LogP contribution in [0.25, 0.3) is 0 Å². The second-order valence-electron chi connectivity index (χ2n) is 7.11. The van der Waals surface area contributed by atoms with Crippen LogP contribution >= 0.6 is 0 Å². The van der Waals surface area contributed by atoms with Gasteiger partial charge in [0.15, 0.2) is 0 Å². The van der Waals surface area contributed by atoms with E-state index in [1.54, 1.807) is 32.0 Å². The smallest absolute Gasteiger partial charge is 0.353 e. The number of hydrogen-bond donors (Lipinski definition) is 2. The third kappa shape index (κ3) is 5.58. The monoisotopic (exact) mass is 502 g/mol. The molecule has 13 heteroatoms. The first kappa shape index (κ1) is 25.6. The number of nitrogens with zero attached hydrogens (tertiary/aromatic N) is 4. The third-order valence-electron chi connectivity index (χ3n) is 5.13. The van der Waals surface area contributed by atoms with Crippen molar-refractivity contribution in [3.8, 4) is 11.5 Å². The standard InChI is InChI=1S/C22H26N6O6S/c1-5-27(6-2)35(31,32)17-10-7-15(8-11-17)25-21-20(28(29)30)22(24-14-23-21)26-18-12-9-16(33-3)13-19(18)34-4/h7-14H,5-6H2,1-4H3,(H2,23,24,25,26). The van der Waals surface area contributed by atoms with E-state index in [0.29, 0.717) is 36.0 Å². The maximum atomic E-state index is 12.7. The Bertz CT molecular complexity index is 1300. The van der Waals surface area contributed by atoms with Gasteiger partial charge in [0.05, 0.1) is 29.7 Å². The van der Waals surface area contributed by atoms with E-state index in [2.05, 4.69) is 20.6 Å². The molecule has 0 amide bonds. The highest BCUT2D eigenvalue weighted by atomic mass is 32.2. The van der Waals surface area contributed by atoms with E-state index < -0.39 is 20.6 Å². The third-order valence-corrected chi connectivity index (χ3v) is 7.19. The summed E-state index contributed by atoms with van der Waals surface area (Å²) in [6.45, 7) is 4.22. The van der Waals surface area contributed by atoms with Gasteiger partial charge in [-0.2, -0.15) is 4.31 Å². The molecule has 3 rings (SSSR count). The average Bonchev–Trinajstić information content (AvgIpc) is 2.85. The summed E-state index contributed by atoms with van der Waals surface area (Å²) < 4.78 is 37.2. The second-order valence-corrected chi connectivity index (χ2v) is 9.04. The second kappa shape index (κ2) is 11.0. The lowest BCUT2D eigenvalue weighted by atomic mass is 10.2. The minimum Gasteiger partial charge on any atom is -0.497 e. The van der Waals surface area contributed by atoms with Gasteiger partial charge in [-0.05, 0) is 36.4 Å². The molecule has 12 nitrogen and oxygen atoms in total. The number of nitrogens with one attached hydrogen (secondary N) is 2. The zero-order valence-electron chi connectivity index (χ0n) is 19.7. The first-order chi connectivity index (χ1) is 16.7. The fourth-order valence-electron chi connectivity index (χ4n) is 3.32. The molecule has 0 aliphatic heterocycles. The number of rotatable bonds is 11. The van der Waals surface area contributed by atoms with Crippen LogP contribution in [0, 0.1) is 10.1 Å². The SMILES string of the molecule is CCN(CC)S(=O)(=O)c1ccc(Nc2ncnc(Nc3ccc(OC)cc3OC)c2[N+](=O)[O-])cc1. The molecule has 0 spiro atoms. The molecule has 0 aliphatic carbocycles. The number of anilines is 4. The molecule has 35 heavy (non-hydrogen) atoms. The number of sulfonamides is 1. The number of nitro groups is 1. The van der Waals surface area contributed by atoms with Gasteiger partial charge >= 0.3 is 5.69 Å². The van der Waals surface area contributed by atoms with Crippen LogP contribution in [0.3, 0.4) is 0 Å². The zero-order chi connectivity index (χ0) is 25.6. The summed E-state index contributed by atoms with van der Waals surface area (Å²) in [5, 5.41) is 17.7. The van der Waals surface area contributed by atoms with Crippen molar-refractivity contribution in [1.82, 2.24) is 14.3 Å². The summed E-state index contributed by atoms with van der Waals surface area (Å²) in [6, 6.07) is 10.8. The molecular formula is C22H26N6O6S. The molecular weight excluding hydrogens is 476 g/mol. The van der Waals surface area contributed by atoms with Gasteiger partial charge in [0, 0.05) is 24.8 Å². The first-order valence-corrected chi connectivity index (χ1v) is 12.0. The largest absolute Gasteiger partial charge is 0.497 e. The molecule has 0 saturated carbocycles. The highest BCUT2D eigenvalue weighted by Gasteiger charge is 2.25. The van der Waals surface area contributed by atoms with Gasteiger partial charge in [-0.3, -0.25) is 10.1 Å². The molecule has 0 saturated heterocycles. The molecule has 0 fully saturated rings. The molecule has 2 aromatic carbocycles. The van der Waals surface area contributed by atoms with E-state index in [1.807, 2.05) is 0 Å². The van der Waals surface area contributed by atoms with Crippen LogP contribution in [0.5, 0.6) is 11.5 Å². The Morgan fingerprint density at radius 2 is 1.60 bits per heavy atom. The highest BCUT2D eigenvalue weighted by molar-refractivity contribution is 7.89. The summed E-state index contributed by atoms with van der Waals surface area (Å²) in [4.78, 5) is 19.5. The first-order valence-electron chi connectivity index (χ1n) is 10.6. The van der Waals surface area contributed by atoms with E-state index in [9.17, 15) is 18.5 Å². The summed E-state index contributed by atoms with van der Waals surface area (Å²) in [6.07, 6.45) is 1.17. The van der Waals surface area contributed by atoms with Gasteiger partial charge in [-0.25, -0.2) is 18.4 Å². The quantitative estimate of drug-likeness (QED) is 0.292. The Morgan fingerprint density at radius 3 is 2.14 bits per heavy atom. The molecule has 0 radical (unpaired) electrons. The van der Waals surface area contributed by atoms with Crippen LogP contribution in [0.15, 0.2) is 53.7 Å². The predicted octanol–water partition coefficient (Wildman–Crippen LogP) is 3.92. The molecule has 2 N–H and O–H groups in total. The topological polar surface area (TPSA) is 149 Å². The van der Waals surface area contributed by atoms with E-state index in [1.165, 1.54) is 49.1 Å². The summed E-state index contributed by atoms with van der Waals surface area (Å²) in [5.41, 5.74) is 0.454. The van der Waals surface area contributed by atoms with Crippen LogP contribution in [0.4, 0.5) is 28.7 Å². The maximum absolute atomic E-state index is 12.7. The van der Waals surface area contributed by atoms with E-state index in [-0.39, 0.29) is 16.5 Å². The van der Waals surface area contributed by atoms with Crippen LogP contribution in [0.1, 0.15) is 13.8 Å². The van der Waals surface area contributed by atoms with Crippen molar-refractivity contribution in [3.63, 3.8) is 0 Å². The highest BCUT2D eigenvalue weighted by Crippen LogP contribution is 2.37. The summed E-state index contributed by atoms with van der Waals surface area (Å²) in [5.74, 6) is 0.825. The van der Waals surface area contributed by atoms with Gasteiger partial charge in [-0.15, -0.1) is 0 Å². The van der Waals surface area contributed by atoms with E-state index in [0.717, 1.165) is 0 Å². The van der Waals surface area contributed by atoms with Crippen LogP contribution < -0.4 is 20.1 Å². The van der Waals surface area contributed by atoms with Crippen molar-refractivity contribution < 1.29 is 22.8 Å². The van der Waals surface area contributed by atoms with E-state index in [4.69, 9.17) is 9.47 Å². The van der Waals surface area contributed by atoms with Gasteiger partial charge in [0.25, 0.3) is 0 Å². The van der Waals surface area contributed by atoms with Gasteiger partial charge in [0.1, 0.15) is 17.8 Å². The van der Waals surface area contributed by atoms with Crippen LogP contribution in [0.2, 0.25) is 0 Å². The fraction of sp³-hybridized carbons (Fsp3) is 0.273. The normalized spacial score (nSPS) is 11.2. The summed E-state index contributed by atoms with van der Waals surface area (Å²) >= 11 is 0. The fourth-order valence-corrected chi connectivity index (χ4v) is 4.78. The minimum absolute atomic E-state index is 0.0586. The zero-order valence-corrected chi connectivity index (χ0v) is 20.5. The lowest BCUT2D eigenvalue weighted by molar-refractivity contribution is -0.383. The molecule has 1 heterocycles. The number of ether oxygens (including phenoxy) is 2. The van der Waals surface area contributed by atoms with Crippen molar-refractivity contribution in [2.75, 3.05) is 37.9 Å². The molecule has 3 aromatic rings. The van der Waals surface area contributed by atoms with Gasteiger partial charge in [0.2, 0.25) is 21.7 Å². The summed E-state index contributed by atoms with van der Waals surface area (Å²) in [7, 11) is -0.646. The molecule has 0 aliphatic rings. The van der Waals surface area contributed by atoms with Crippen LogP contribution in [-0.4, -0.2) is 54.9 Å². The van der Waals surface area contributed by atoms with Gasteiger partial charge < -0.3 is 20.1 Å². The van der Waals surface area contributed by atoms with Crippen molar-refractivity contribution in [2.24, 2.45) is 0 Å². The predicted molar refractivity (Wildman–Crippen MR) is 131 cm³/mol. The minimum atomic E-state index is -3.62. The number of benzene rings is 2. The lowest BCUT2D eigenvalue weighted by Gasteiger charge is -2.18. The Morgan fingerprint density at radius 1 is 0.971 bits per heavy atom. The number of hydrogen-bond acceptors (Lipinski definition) is 10. The Balaban J connectivity index is 1.92. The van der Waals surface area contributed by atoms with Crippen molar-refractivity contribution >= 4 is 38.7 Å². The molecule has 0 bridgehead atoms. The molecule has 0 unspecified atom stereocenters. The Kier molecular flexibility index (Phi) is 8.04. The number of aromatic nitrogens is 2. The molecule has 0 atom stereocenters. The van der Waals surface area contributed by atoms with Crippen molar-refractivity contribution in [3.05, 3.63) is 58.9 Å². The van der Waals surface area contributed by atoms with Crippen molar-refractivity contribution in [2.45, 2.75) is 18.7 Å². The average molecular weight is 503 g/mol. The lowest BCUT2D eigenvalue weighted by Crippen LogP contribution is -2.30. The maximum Gasteiger partial charge on any atom is 0.353 e. The Labute approximate surface area is 203 Å². The molecule has 186 valence electrons. The van der Waals surface area contributed by atoms with Gasteiger partial charge in [-0.1, -0.05) is 13.8 Å². The van der Waals surface area contributed by atoms with Crippen molar-refractivity contribution in [1.29, 1.82) is 0 Å². The molecule has 1 aromatic heterocycles. The number of methoxy groups -OCH3 is 2. The van der Waals surface area contributed by atoms with Crippen LogP contribution in [-0.2, 0) is 10.0 Å².